The molecule has 4 heteroatoms. The Labute approximate surface area is 118 Å². The number of piperidine rings is 1. The van der Waals surface area contributed by atoms with Gasteiger partial charge in [0, 0.05) is 17.1 Å². The zero-order chi connectivity index (χ0) is 13.4. The van der Waals surface area contributed by atoms with Crippen molar-refractivity contribution < 1.29 is 4.42 Å². The van der Waals surface area contributed by atoms with E-state index in [1.54, 1.807) is 0 Å². The van der Waals surface area contributed by atoms with Gasteiger partial charge in [-0.05, 0) is 68.6 Å². The van der Waals surface area contributed by atoms with E-state index in [2.05, 4.69) is 54.3 Å². The van der Waals surface area contributed by atoms with Gasteiger partial charge in [0.05, 0.1) is 6.54 Å². The van der Waals surface area contributed by atoms with Crippen molar-refractivity contribution in [2.24, 2.45) is 0 Å². The molecule has 0 atom stereocenters. The Hall–Kier alpha value is -0.320. The molecular formula is C14H23BrN2O. The first-order valence-corrected chi connectivity index (χ1v) is 7.32. The predicted octanol–water partition coefficient (Wildman–Crippen LogP) is 3.44. The minimum atomic E-state index is 0.184. The molecule has 0 aliphatic carbocycles. The van der Waals surface area contributed by atoms with E-state index < -0.39 is 0 Å². The summed E-state index contributed by atoms with van der Waals surface area (Å²) in [5.74, 6) is 0.982. The van der Waals surface area contributed by atoms with Gasteiger partial charge < -0.3 is 15.1 Å². The Morgan fingerprint density at radius 2 is 1.89 bits per heavy atom. The lowest BCUT2D eigenvalue weighted by Gasteiger charge is -2.46. The van der Waals surface area contributed by atoms with Crippen LogP contribution in [0.4, 0.5) is 0 Å². The van der Waals surface area contributed by atoms with Crippen molar-refractivity contribution in [3.63, 3.8) is 0 Å². The Kier molecular flexibility index (Phi) is 3.90. The van der Waals surface area contributed by atoms with Crippen molar-refractivity contribution in [1.82, 2.24) is 10.6 Å². The van der Waals surface area contributed by atoms with Crippen molar-refractivity contribution in [1.29, 1.82) is 0 Å². The van der Waals surface area contributed by atoms with E-state index in [4.69, 9.17) is 4.42 Å². The molecule has 1 aromatic heterocycles. The Morgan fingerprint density at radius 3 is 2.39 bits per heavy atom. The lowest BCUT2D eigenvalue weighted by molar-refractivity contribution is 0.144. The van der Waals surface area contributed by atoms with Crippen LogP contribution in [0.2, 0.25) is 0 Å². The molecule has 0 aromatic carbocycles. The maximum Gasteiger partial charge on any atom is 0.169 e. The molecule has 18 heavy (non-hydrogen) atoms. The summed E-state index contributed by atoms with van der Waals surface area (Å²) in [6, 6.07) is 4.47. The summed E-state index contributed by atoms with van der Waals surface area (Å²) in [7, 11) is 0. The Bertz CT molecular complexity index is 396. The first-order valence-electron chi connectivity index (χ1n) is 6.53. The minimum absolute atomic E-state index is 0.184. The number of halogens is 1. The fourth-order valence-corrected chi connectivity index (χ4v) is 3.50. The highest BCUT2D eigenvalue weighted by Crippen LogP contribution is 2.28. The second-order valence-electron chi connectivity index (χ2n) is 6.58. The van der Waals surface area contributed by atoms with Gasteiger partial charge in [0.25, 0.3) is 0 Å². The average Bonchev–Trinajstić information content (AvgIpc) is 2.56. The van der Waals surface area contributed by atoms with Crippen LogP contribution in [-0.2, 0) is 6.54 Å². The van der Waals surface area contributed by atoms with Crippen LogP contribution in [0.1, 0.15) is 46.3 Å². The van der Waals surface area contributed by atoms with Crippen LogP contribution in [0.25, 0.3) is 0 Å². The maximum absolute atomic E-state index is 5.52. The van der Waals surface area contributed by atoms with Crippen LogP contribution in [0.5, 0.6) is 0 Å². The first-order chi connectivity index (χ1) is 8.26. The molecule has 1 aliphatic rings. The van der Waals surface area contributed by atoms with E-state index in [9.17, 15) is 0 Å². The minimum Gasteiger partial charge on any atom is -0.453 e. The van der Waals surface area contributed by atoms with E-state index >= 15 is 0 Å². The third kappa shape index (κ3) is 3.84. The standard InChI is InChI=1S/C14H23BrN2O/c1-13(2)7-10(8-14(3,4)17-13)16-9-11-5-6-12(15)18-11/h5-6,10,16-17H,7-9H2,1-4H3. The quantitative estimate of drug-likeness (QED) is 0.897. The molecule has 0 unspecified atom stereocenters. The van der Waals surface area contributed by atoms with Crippen LogP contribution in [-0.4, -0.2) is 17.1 Å². The molecule has 1 aromatic rings. The number of hydrogen-bond donors (Lipinski definition) is 2. The lowest BCUT2D eigenvalue weighted by atomic mass is 9.79. The highest BCUT2D eigenvalue weighted by molar-refractivity contribution is 9.10. The van der Waals surface area contributed by atoms with Crippen molar-refractivity contribution >= 4 is 15.9 Å². The topological polar surface area (TPSA) is 37.2 Å². The predicted molar refractivity (Wildman–Crippen MR) is 77.6 cm³/mol. The van der Waals surface area contributed by atoms with Crippen LogP contribution < -0.4 is 10.6 Å². The second-order valence-corrected chi connectivity index (χ2v) is 7.37. The maximum atomic E-state index is 5.52. The first kappa shape index (κ1) is 14.1. The summed E-state index contributed by atoms with van der Waals surface area (Å²) in [6.45, 7) is 9.87. The zero-order valence-electron chi connectivity index (χ0n) is 11.6. The molecule has 1 aliphatic heterocycles. The van der Waals surface area contributed by atoms with Gasteiger partial charge in [-0.3, -0.25) is 0 Å². The van der Waals surface area contributed by atoms with Gasteiger partial charge in [0.15, 0.2) is 4.67 Å². The molecule has 0 radical (unpaired) electrons. The Morgan fingerprint density at radius 1 is 1.28 bits per heavy atom. The molecule has 102 valence electrons. The molecule has 2 N–H and O–H groups in total. The largest absolute Gasteiger partial charge is 0.453 e. The van der Waals surface area contributed by atoms with Gasteiger partial charge in [0.2, 0.25) is 0 Å². The molecule has 2 heterocycles. The van der Waals surface area contributed by atoms with Crippen LogP contribution >= 0.6 is 15.9 Å². The second kappa shape index (κ2) is 4.99. The average molecular weight is 315 g/mol. The normalized spacial score (nSPS) is 23.2. The lowest BCUT2D eigenvalue weighted by Crippen LogP contribution is -2.61. The van der Waals surface area contributed by atoms with E-state index in [0.717, 1.165) is 29.8 Å². The summed E-state index contributed by atoms with van der Waals surface area (Å²) >= 11 is 3.33. The molecular weight excluding hydrogens is 292 g/mol. The number of furan rings is 1. The van der Waals surface area contributed by atoms with Crippen LogP contribution in [0.3, 0.4) is 0 Å². The van der Waals surface area contributed by atoms with Crippen molar-refractivity contribution in [2.45, 2.75) is 64.2 Å². The third-order valence-corrected chi connectivity index (χ3v) is 3.81. The van der Waals surface area contributed by atoms with Crippen molar-refractivity contribution in [3.8, 4) is 0 Å². The molecule has 3 nitrogen and oxygen atoms in total. The molecule has 0 amide bonds. The molecule has 1 fully saturated rings. The summed E-state index contributed by atoms with van der Waals surface area (Å²) in [4.78, 5) is 0. The fraction of sp³-hybridized carbons (Fsp3) is 0.714. The van der Waals surface area contributed by atoms with Crippen LogP contribution in [0.15, 0.2) is 21.2 Å². The van der Waals surface area contributed by atoms with Gasteiger partial charge >= 0.3 is 0 Å². The van der Waals surface area contributed by atoms with Gasteiger partial charge in [0.1, 0.15) is 5.76 Å². The van der Waals surface area contributed by atoms with Gasteiger partial charge in [-0.1, -0.05) is 0 Å². The van der Waals surface area contributed by atoms with Gasteiger partial charge in [-0.2, -0.15) is 0 Å². The molecule has 0 saturated carbocycles. The van der Waals surface area contributed by atoms with Crippen molar-refractivity contribution in [3.05, 3.63) is 22.6 Å². The van der Waals surface area contributed by atoms with E-state index in [0.29, 0.717) is 6.04 Å². The van der Waals surface area contributed by atoms with Gasteiger partial charge in [-0.15, -0.1) is 0 Å². The van der Waals surface area contributed by atoms with Gasteiger partial charge in [-0.25, -0.2) is 0 Å². The number of rotatable bonds is 3. The smallest absolute Gasteiger partial charge is 0.169 e. The summed E-state index contributed by atoms with van der Waals surface area (Å²) in [5, 5.41) is 7.30. The van der Waals surface area contributed by atoms with Crippen molar-refractivity contribution in [2.75, 3.05) is 0 Å². The molecule has 0 spiro atoms. The zero-order valence-corrected chi connectivity index (χ0v) is 13.2. The fourth-order valence-electron chi connectivity index (χ4n) is 3.16. The summed E-state index contributed by atoms with van der Waals surface area (Å²) in [5.41, 5.74) is 0.367. The van der Waals surface area contributed by atoms with E-state index in [1.165, 1.54) is 0 Å². The third-order valence-electron chi connectivity index (χ3n) is 3.38. The van der Waals surface area contributed by atoms with Crippen LogP contribution in [0, 0.1) is 0 Å². The molecule has 0 bridgehead atoms. The highest BCUT2D eigenvalue weighted by atomic mass is 79.9. The number of hydrogen-bond acceptors (Lipinski definition) is 3. The molecule has 2 rings (SSSR count). The SMILES string of the molecule is CC1(C)CC(NCc2ccc(Br)o2)CC(C)(C)N1. The summed E-state index contributed by atoms with van der Waals surface area (Å²) < 4.78 is 6.31. The number of nitrogens with one attached hydrogen (secondary N) is 2. The van der Waals surface area contributed by atoms with E-state index in [1.807, 2.05) is 12.1 Å². The molecule has 1 saturated heterocycles. The summed E-state index contributed by atoms with van der Waals surface area (Å²) in [6.07, 6.45) is 2.27. The monoisotopic (exact) mass is 314 g/mol. The van der Waals surface area contributed by atoms with E-state index in [-0.39, 0.29) is 11.1 Å². The highest BCUT2D eigenvalue weighted by Gasteiger charge is 2.37. The Balaban J connectivity index is 1.93.